The number of aryl methyl sites for hydroxylation is 2. The summed E-state index contributed by atoms with van der Waals surface area (Å²) in [4.78, 5) is 8.72. The van der Waals surface area contributed by atoms with E-state index in [0.717, 1.165) is 27.8 Å². The molecule has 112 valence electrons. The predicted octanol–water partition coefficient (Wildman–Crippen LogP) is 5.17. The molecule has 3 nitrogen and oxygen atoms in total. The molecular formula is C20H16N2O. The maximum absolute atomic E-state index is 7.59. The van der Waals surface area contributed by atoms with E-state index in [0.29, 0.717) is 11.6 Å². The van der Waals surface area contributed by atoms with E-state index in [-0.39, 0.29) is 5.56 Å². The van der Waals surface area contributed by atoms with Gasteiger partial charge in [-0.25, -0.2) is 4.98 Å². The van der Waals surface area contributed by atoms with Crippen LogP contribution in [0.15, 0.2) is 65.2 Å². The molecule has 2 aromatic heterocycles. The molecule has 0 radical (unpaired) electrons. The Morgan fingerprint density at radius 3 is 2.78 bits per heavy atom. The average molecular weight is 303 g/mol. The van der Waals surface area contributed by atoms with E-state index in [1.54, 1.807) is 6.07 Å². The molecule has 23 heavy (non-hydrogen) atoms. The Kier molecular flexibility index (Phi) is 2.50. The lowest BCUT2D eigenvalue weighted by Gasteiger charge is -2.06. The molecule has 0 aliphatic heterocycles. The van der Waals surface area contributed by atoms with Crippen molar-refractivity contribution in [1.82, 2.24) is 9.97 Å². The third-order valence-corrected chi connectivity index (χ3v) is 3.75. The van der Waals surface area contributed by atoms with E-state index >= 15 is 0 Å². The van der Waals surface area contributed by atoms with Crippen molar-refractivity contribution in [3.8, 4) is 22.4 Å². The van der Waals surface area contributed by atoms with E-state index in [4.69, 9.17) is 8.53 Å². The van der Waals surface area contributed by atoms with Crippen molar-refractivity contribution >= 4 is 11.1 Å². The fourth-order valence-corrected chi connectivity index (χ4v) is 2.72. The van der Waals surface area contributed by atoms with Crippen LogP contribution in [0.2, 0.25) is 0 Å². The lowest BCUT2D eigenvalue weighted by Crippen LogP contribution is -1.86. The molecule has 0 spiro atoms. The van der Waals surface area contributed by atoms with Crippen LogP contribution in [-0.2, 0) is 0 Å². The predicted molar refractivity (Wildman–Crippen MR) is 92.2 cm³/mol. The van der Waals surface area contributed by atoms with Crippen molar-refractivity contribution in [3.05, 3.63) is 72.2 Å². The summed E-state index contributed by atoms with van der Waals surface area (Å²) in [7, 11) is 0. The Labute approximate surface area is 138 Å². The number of rotatable bonds is 2. The van der Waals surface area contributed by atoms with Gasteiger partial charge >= 0.3 is 0 Å². The van der Waals surface area contributed by atoms with Gasteiger partial charge in [0.1, 0.15) is 5.52 Å². The molecule has 0 aliphatic rings. The van der Waals surface area contributed by atoms with Gasteiger partial charge in [-0.3, -0.25) is 4.98 Å². The summed E-state index contributed by atoms with van der Waals surface area (Å²) in [5, 5.41) is 0. The van der Waals surface area contributed by atoms with Gasteiger partial charge < -0.3 is 4.42 Å². The maximum Gasteiger partial charge on any atom is 0.192 e. The zero-order valence-electron chi connectivity index (χ0n) is 15.6. The van der Waals surface area contributed by atoms with Crippen LogP contribution in [0.3, 0.4) is 0 Å². The Morgan fingerprint density at radius 2 is 1.87 bits per heavy atom. The van der Waals surface area contributed by atoms with Gasteiger partial charge in [-0.05, 0) is 42.2 Å². The lowest BCUT2D eigenvalue weighted by molar-refractivity contribution is 0.562. The number of benzene rings is 2. The first-order valence-electron chi connectivity index (χ1n) is 8.85. The number of hydrogen-bond donors (Lipinski definition) is 0. The molecule has 4 rings (SSSR count). The summed E-state index contributed by atoms with van der Waals surface area (Å²) >= 11 is 0. The molecule has 0 unspecified atom stereocenters. The highest BCUT2D eigenvalue weighted by Crippen LogP contribution is 2.31. The smallest absolute Gasteiger partial charge is 0.192 e. The van der Waals surface area contributed by atoms with Gasteiger partial charge in [-0.2, -0.15) is 0 Å². The quantitative estimate of drug-likeness (QED) is 0.512. The molecule has 2 aromatic carbocycles. The van der Waals surface area contributed by atoms with Gasteiger partial charge in [0.15, 0.2) is 11.5 Å². The summed E-state index contributed by atoms with van der Waals surface area (Å²) < 4.78 is 28.5. The normalized spacial score (nSPS) is 13.5. The minimum atomic E-state index is -2.15. The highest BCUT2D eigenvalue weighted by molar-refractivity contribution is 5.91. The van der Waals surface area contributed by atoms with Gasteiger partial charge in [0.25, 0.3) is 0 Å². The molecule has 0 saturated carbocycles. The number of aromatic nitrogens is 2. The maximum atomic E-state index is 7.59. The van der Waals surface area contributed by atoms with Crippen LogP contribution >= 0.6 is 0 Å². The van der Waals surface area contributed by atoms with E-state index in [1.165, 1.54) is 12.3 Å². The van der Waals surface area contributed by atoms with Gasteiger partial charge in [0.05, 0.1) is 5.69 Å². The van der Waals surface area contributed by atoms with Crippen LogP contribution in [0.5, 0.6) is 0 Å². The van der Waals surface area contributed by atoms with Crippen molar-refractivity contribution in [2.75, 3.05) is 0 Å². The van der Waals surface area contributed by atoms with Crippen molar-refractivity contribution in [1.29, 1.82) is 0 Å². The van der Waals surface area contributed by atoms with Crippen LogP contribution in [0, 0.1) is 13.8 Å². The van der Waals surface area contributed by atoms with E-state index in [1.807, 2.05) is 49.4 Å². The summed E-state index contributed by atoms with van der Waals surface area (Å²) in [5.41, 5.74) is 5.21. The molecule has 0 N–H and O–H groups in total. The monoisotopic (exact) mass is 303 g/mol. The first kappa shape index (κ1) is 10.7. The minimum absolute atomic E-state index is 0.279. The molecular weight excluding hydrogens is 284 g/mol. The zero-order valence-corrected chi connectivity index (χ0v) is 12.6. The van der Waals surface area contributed by atoms with Gasteiger partial charge in [-0.15, -0.1) is 0 Å². The Balaban J connectivity index is 1.83. The highest BCUT2D eigenvalue weighted by Gasteiger charge is 2.10. The molecule has 0 fully saturated rings. The van der Waals surface area contributed by atoms with Gasteiger partial charge in [-0.1, -0.05) is 30.3 Å². The molecule has 0 atom stereocenters. The highest BCUT2D eigenvalue weighted by atomic mass is 16.3. The average Bonchev–Trinajstić information content (AvgIpc) is 3.01. The zero-order chi connectivity index (χ0) is 18.3. The van der Waals surface area contributed by atoms with Gasteiger partial charge in [0.2, 0.25) is 0 Å². The number of para-hydroxylation sites is 1. The van der Waals surface area contributed by atoms with E-state index in [2.05, 4.69) is 9.97 Å². The van der Waals surface area contributed by atoms with Crippen molar-refractivity contribution in [2.24, 2.45) is 0 Å². The first-order chi connectivity index (χ1) is 12.4. The number of nitrogens with zero attached hydrogens (tertiary/aromatic N) is 2. The molecule has 0 amide bonds. The van der Waals surface area contributed by atoms with Crippen molar-refractivity contribution in [3.63, 3.8) is 0 Å². The number of hydrogen-bond acceptors (Lipinski definition) is 3. The first-order valence-corrected chi connectivity index (χ1v) is 7.35. The standard InChI is InChI=1S/C20H16N2O/c1-13-9-10-21-19(11-13)16-6-3-5-15(12-16)17-7-4-8-18-20(17)23-14(2)22-18/h3-12H,1-2H3/i1D3. The Bertz CT molecular complexity index is 1100. The van der Waals surface area contributed by atoms with Crippen LogP contribution in [0.1, 0.15) is 15.6 Å². The summed E-state index contributed by atoms with van der Waals surface area (Å²) in [5.74, 6) is 0.621. The SMILES string of the molecule is [2H]C([2H])([2H])c1ccnc(-c2cccc(-c3cccc4nc(C)oc34)c2)c1. The van der Waals surface area contributed by atoms with Crippen LogP contribution in [0.4, 0.5) is 0 Å². The van der Waals surface area contributed by atoms with Crippen LogP contribution in [-0.4, -0.2) is 9.97 Å². The lowest BCUT2D eigenvalue weighted by atomic mass is 10.0. The fourth-order valence-electron chi connectivity index (χ4n) is 2.72. The summed E-state index contributed by atoms with van der Waals surface area (Å²) in [6.07, 6.45) is 1.53. The van der Waals surface area contributed by atoms with E-state index in [9.17, 15) is 0 Å². The third kappa shape index (κ3) is 2.50. The third-order valence-electron chi connectivity index (χ3n) is 3.75. The number of pyridine rings is 1. The molecule has 0 bridgehead atoms. The van der Waals surface area contributed by atoms with Crippen molar-refractivity contribution in [2.45, 2.75) is 13.8 Å². The van der Waals surface area contributed by atoms with Crippen LogP contribution < -0.4 is 0 Å². The Morgan fingerprint density at radius 1 is 1.00 bits per heavy atom. The summed E-state index contributed by atoms with van der Waals surface area (Å²) in [6, 6.07) is 16.8. The van der Waals surface area contributed by atoms with Crippen LogP contribution in [0.25, 0.3) is 33.5 Å². The summed E-state index contributed by atoms with van der Waals surface area (Å²) in [6.45, 7) is -0.331. The largest absolute Gasteiger partial charge is 0.440 e. The van der Waals surface area contributed by atoms with Crippen molar-refractivity contribution < 1.29 is 8.53 Å². The van der Waals surface area contributed by atoms with E-state index < -0.39 is 6.85 Å². The number of fused-ring (bicyclic) bond motifs is 1. The molecule has 3 heteroatoms. The molecule has 0 aliphatic carbocycles. The molecule has 4 aromatic rings. The number of oxazole rings is 1. The fraction of sp³-hybridized carbons (Fsp3) is 0.100. The second-order valence-corrected chi connectivity index (χ2v) is 5.40. The van der Waals surface area contributed by atoms with Gasteiger partial charge in [0, 0.05) is 28.4 Å². The second-order valence-electron chi connectivity index (χ2n) is 5.40. The minimum Gasteiger partial charge on any atom is -0.440 e. The molecule has 0 saturated heterocycles. The second kappa shape index (κ2) is 5.36. The molecule has 2 heterocycles. The topological polar surface area (TPSA) is 38.9 Å². The Hall–Kier alpha value is -2.94.